The van der Waals surface area contributed by atoms with E-state index in [-0.39, 0.29) is 24.7 Å². The summed E-state index contributed by atoms with van der Waals surface area (Å²) in [5.74, 6) is 0.248. The molecular formula is C18H21FN2O3. The van der Waals surface area contributed by atoms with Crippen LogP contribution in [0, 0.1) is 12.7 Å². The summed E-state index contributed by atoms with van der Waals surface area (Å²) in [5.41, 5.74) is 0.275. The summed E-state index contributed by atoms with van der Waals surface area (Å²) in [5, 5.41) is 13.0. The molecule has 2 aromatic rings. The van der Waals surface area contributed by atoms with E-state index in [0.29, 0.717) is 22.9 Å². The molecule has 0 bridgehead atoms. The molecule has 0 spiro atoms. The summed E-state index contributed by atoms with van der Waals surface area (Å²) in [6.07, 6.45) is 3.50. The largest absolute Gasteiger partial charge is 0.441 e. The van der Waals surface area contributed by atoms with E-state index in [9.17, 15) is 14.3 Å². The molecule has 1 aromatic heterocycles. The zero-order valence-corrected chi connectivity index (χ0v) is 13.6. The van der Waals surface area contributed by atoms with Crippen LogP contribution in [0.5, 0.6) is 0 Å². The minimum absolute atomic E-state index is 0.0702. The van der Waals surface area contributed by atoms with Gasteiger partial charge in [0.05, 0.1) is 17.7 Å². The average Bonchev–Trinajstić information content (AvgIpc) is 3.13. The smallest absolute Gasteiger partial charge is 0.226 e. The van der Waals surface area contributed by atoms with E-state index in [1.54, 1.807) is 19.1 Å². The molecule has 0 radical (unpaired) electrons. The van der Waals surface area contributed by atoms with Gasteiger partial charge in [0, 0.05) is 12.1 Å². The van der Waals surface area contributed by atoms with Crippen molar-refractivity contribution in [2.24, 2.45) is 0 Å². The highest BCUT2D eigenvalue weighted by Gasteiger charge is 2.31. The number of benzene rings is 1. The first-order valence-electron chi connectivity index (χ1n) is 8.16. The van der Waals surface area contributed by atoms with E-state index in [0.717, 1.165) is 25.7 Å². The Labute approximate surface area is 139 Å². The van der Waals surface area contributed by atoms with Gasteiger partial charge >= 0.3 is 0 Å². The molecule has 1 fully saturated rings. The molecule has 1 heterocycles. The number of halogens is 1. The van der Waals surface area contributed by atoms with Gasteiger partial charge in [0.25, 0.3) is 0 Å². The van der Waals surface area contributed by atoms with E-state index >= 15 is 0 Å². The third-order valence-electron chi connectivity index (χ3n) is 4.44. The number of aromatic nitrogens is 1. The third-order valence-corrected chi connectivity index (χ3v) is 4.44. The topological polar surface area (TPSA) is 75.4 Å². The molecule has 1 amide bonds. The highest BCUT2D eigenvalue weighted by atomic mass is 19.1. The van der Waals surface area contributed by atoms with Gasteiger partial charge in [-0.2, -0.15) is 0 Å². The second kappa shape index (κ2) is 6.73. The number of rotatable bonds is 5. The van der Waals surface area contributed by atoms with Crippen LogP contribution in [0.2, 0.25) is 0 Å². The van der Waals surface area contributed by atoms with Crippen LogP contribution in [0.4, 0.5) is 4.39 Å². The van der Waals surface area contributed by atoms with Gasteiger partial charge in [-0.3, -0.25) is 4.79 Å². The summed E-state index contributed by atoms with van der Waals surface area (Å²) >= 11 is 0. The molecule has 2 N–H and O–H groups in total. The number of nitrogens with one attached hydrogen (secondary N) is 1. The Balaban J connectivity index is 1.64. The minimum atomic E-state index is -0.777. The van der Waals surface area contributed by atoms with Gasteiger partial charge in [-0.15, -0.1) is 0 Å². The standard InChI is InChI=1S/C18H21FN2O3/c1-12-15(10-16(22)20-11-18(23)7-2-3-8-18)21-17(24-12)13-5-4-6-14(19)9-13/h4-6,9,23H,2-3,7-8,10-11H2,1H3,(H,20,22). The van der Waals surface area contributed by atoms with Crippen LogP contribution in [0.25, 0.3) is 11.5 Å². The molecule has 1 aliphatic rings. The van der Waals surface area contributed by atoms with E-state index in [4.69, 9.17) is 4.42 Å². The Hall–Kier alpha value is -2.21. The molecule has 5 nitrogen and oxygen atoms in total. The van der Waals surface area contributed by atoms with Crippen LogP contribution in [0.15, 0.2) is 28.7 Å². The number of hydrogen-bond donors (Lipinski definition) is 2. The number of aliphatic hydroxyl groups is 1. The molecule has 3 rings (SSSR count). The van der Waals surface area contributed by atoms with Gasteiger partial charge in [-0.25, -0.2) is 9.37 Å². The van der Waals surface area contributed by atoms with Crippen molar-refractivity contribution < 1.29 is 18.7 Å². The number of nitrogens with zero attached hydrogens (tertiary/aromatic N) is 1. The molecule has 0 atom stereocenters. The first-order valence-corrected chi connectivity index (χ1v) is 8.16. The SMILES string of the molecule is Cc1oc(-c2cccc(F)c2)nc1CC(=O)NCC1(O)CCCC1. The first kappa shape index (κ1) is 16.6. The fourth-order valence-corrected chi connectivity index (χ4v) is 3.02. The molecular weight excluding hydrogens is 311 g/mol. The first-order chi connectivity index (χ1) is 11.5. The van der Waals surface area contributed by atoms with Gasteiger partial charge in [0.15, 0.2) is 0 Å². The summed E-state index contributed by atoms with van der Waals surface area (Å²) in [6, 6.07) is 5.97. The molecule has 128 valence electrons. The highest BCUT2D eigenvalue weighted by molar-refractivity contribution is 5.78. The van der Waals surface area contributed by atoms with Crippen molar-refractivity contribution >= 4 is 5.91 Å². The molecule has 0 saturated heterocycles. The fraction of sp³-hybridized carbons (Fsp3) is 0.444. The van der Waals surface area contributed by atoms with Gasteiger partial charge in [0.1, 0.15) is 11.6 Å². The monoisotopic (exact) mass is 332 g/mol. The van der Waals surface area contributed by atoms with Crippen molar-refractivity contribution in [3.05, 3.63) is 41.5 Å². The lowest BCUT2D eigenvalue weighted by Crippen LogP contribution is -2.41. The van der Waals surface area contributed by atoms with Crippen molar-refractivity contribution in [3.8, 4) is 11.5 Å². The van der Waals surface area contributed by atoms with E-state index in [2.05, 4.69) is 10.3 Å². The maximum atomic E-state index is 13.3. The summed E-state index contributed by atoms with van der Waals surface area (Å²) < 4.78 is 18.8. The minimum Gasteiger partial charge on any atom is -0.441 e. The van der Waals surface area contributed by atoms with Crippen molar-refractivity contribution in [3.63, 3.8) is 0 Å². The van der Waals surface area contributed by atoms with Crippen LogP contribution in [0.1, 0.15) is 37.1 Å². The lowest BCUT2D eigenvalue weighted by atomic mass is 10.0. The number of aryl methyl sites for hydroxylation is 1. The van der Waals surface area contributed by atoms with Crippen LogP contribution in [-0.4, -0.2) is 28.1 Å². The summed E-state index contributed by atoms with van der Waals surface area (Å²) in [7, 11) is 0. The van der Waals surface area contributed by atoms with Crippen LogP contribution in [0.3, 0.4) is 0 Å². The predicted octanol–water partition coefficient (Wildman–Crippen LogP) is 2.75. The number of oxazole rings is 1. The lowest BCUT2D eigenvalue weighted by molar-refractivity contribution is -0.121. The Bertz CT molecular complexity index is 736. The van der Waals surface area contributed by atoms with Crippen LogP contribution >= 0.6 is 0 Å². The molecule has 0 aliphatic heterocycles. The Kier molecular flexibility index (Phi) is 4.66. The van der Waals surface area contributed by atoms with E-state index < -0.39 is 5.60 Å². The second-order valence-electron chi connectivity index (χ2n) is 6.42. The van der Waals surface area contributed by atoms with Gasteiger partial charge < -0.3 is 14.8 Å². The maximum absolute atomic E-state index is 13.3. The maximum Gasteiger partial charge on any atom is 0.226 e. The van der Waals surface area contributed by atoms with E-state index in [1.165, 1.54) is 12.1 Å². The number of carbonyl (C=O) groups is 1. The average molecular weight is 332 g/mol. The van der Waals surface area contributed by atoms with Crippen molar-refractivity contribution in [2.45, 2.75) is 44.6 Å². The van der Waals surface area contributed by atoms with E-state index in [1.807, 2.05) is 0 Å². The van der Waals surface area contributed by atoms with Crippen molar-refractivity contribution in [2.75, 3.05) is 6.54 Å². The van der Waals surface area contributed by atoms with Crippen LogP contribution < -0.4 is 5.32 Å². The molecule has 0 unspecified atom stereocenters. The summed E-state index contributed by atoms with van der Waals surface area (Å²) in [4.78, 5) is 16.4. The Morgan fingerprint density at radius 2 is 2.17 bits per heavy atom. The highest BCUT2D eigenvalue weighted by Crippen LogP contribution is 2.28. The molecule has 1 saturated carbocycles. The quantitative estimate of drug-likeness (QED) is 0.883. The molecule has 1 aromatic carbocycles. The van der Waals surface area contributed by atoms with Gasteiger partial charge in [-0.1, -0.05) is 18.9 Å². The normalized spacial score (nSPS) is 16.3. The third kappa shape index (κ3) is 3.82. The molecule has 24 heavy (non-hydrogen) atoms. The fourth-order valence-electron chi connectivity index (χ4n) is 3.02. The van der Waals surface area contributed by atoms with Crippen molar-refractivity contribution in [1.82, 2.24) is 10.3 Å². The zero-order valence-electron chi connectivity index (χ0n) is 13.6. The second-order valence-corrected chi connectivity index (χ2v) is 6.42. The summed E-state index contributed by atoms with van der Waals surface area (Å²) in [6.45, 7) is 1.99. The van der Waals surface area contributed by atoms with Gasteiger partial charge in [-0.05, 0) is 38.0 Å². The zero-order chi connectivity index (χ0) is 17.2. The number of amides is 1. The molecule has 6 heteroatoms. The number of hydrogen-bond acceptors (Lipinski definition) is 4. The Morgan fingerprint density at radius 3 is 2.88 bits per heavy atom. The van der Waals surface area contributed by atoms with Crippen LogP contribution in [-0.2, 0) is 11.2 Å². The Morgan fingerprint density at radius 1 is 1.42 bits per heavy atom. The number of carbonyl (C=O) groups excluding carboxylic acids is 1. The predicted molar refractivity (Wildman–Crippen MR) is 86.8 cm³/mol. The van der Waals surface area contributed by atoms with Gasteiger partial charge in [0.2, 0.25) is 11.8 Å². The molecule has 1 aliphatic carbocycles. The lowest BCUT2D eigenvalue weighted by Gasteiger charge is -2.22. The van der Waals surface area contributed by atoms with Crippen molar-refractivity contribution in [1.29, 1.82) is 0 Å².